The lowest BCUT2D eigenvalue weighted by Crippen LogP contribution is -2.31. The lowest BCUT2D eigenvalue weighted by atomic mass is 10.2. The molecule has 0 aromatic heterocycles. The van der Waals surface area contributed by atoms with Crippen molar-refractivity contribution in [3.8, 4) is 11.8 Å². The van der Waals surface area contributed by atoms with Crippen molar-refractivity contribution in [2.24, 2.45) is 0 Å². The van der Waals surface area contributed by atoms with Crippen molar-refractivity contribution < 1.29 is 19.1 Å². The van der Waals surface area contributed by atoms with Gasteiger partial charge in [-0.25, -0.2) is 4.79 Å². The highest BCUT2D eigenvalue weighted by Crippen LogP contribution is 2.16. The van der Waals surface area contributed by atoms with E-state index in [0.717, 1.165) is 5.56 Å². The third kappa shape index (κ3) is 5.36. The largest absolute Gasteiger partial charge is 0.481 e. The summed E-state index contributed by atoms with van der Waals surface area (Å²) < 4.78 is 10.3. The van der Waals surface area contributed by atoms with E-state index in [-0.39, 0.29) is 6.61 Å². The fourth-order valence-corrected chi connectivity index (χ4v) is 1.99. The smallest absolute Gasteiger partial charge is 0.344 e. The van der Waals surface area contributed by atoms with Crippen molar-refractivity contribution in [2.75, 3.05) is 11.9 Å². The second-order valence-corrected chi connectivity index (χ2v) is 5.38. The van der Waals surface area contributed by atoms with Gasteiger partial charge in [0.15, 0.2) is 12.7 Å². The SMILES string of the molecule is Cc1ccc(NC(=O)[C@@H](C)OC(=O)COc2ccccc2C#N)cc1. The Labute approximate surface area is 146 Å². The fraction of sp³-hybridized carbons (Fsp3) is 0.211. The van der Waals surface area contributed by atoms with Gasteiger partial charge in [0.1, 0.15) is 11.8 Å². The number of rotatable bonds is 6. The molecule has 0 heterocycles. The minimum Gasteiger partial charge on any atom is -0.481 e. The third-order valence-electron chi connectivity index (χ3n) is 3.35. The molecule has 0 radical (unpaired) electrons. The lowest BCUT2D eigenvalue weighted by Gasteiger charge is -2.14. The number of hydrogen-bond acceptors (Lipinski definition) is 5. The first kappa shape index (κ1) is 18.0. The standard InChI is InChI=1S/C19H18N2O4/c1-13-7-9-16(10-8-13)21-19(23)14(2)25-18(22)12-24-17-6-4-3-5-15(17)11-20/h3-10,14H,12H2,1-2H3,(H,21,23)/t14-/m1/s1. The van der Waals surface area contributed by atoms with Gasteiger partial charge in [0.25, 0.3) is 5.91 Å². The molecule has 1 N–H and O–H groups in total. The number of esters is 1. The summed E-state index contributed by atoms with van der Waals surface area (Å²) in [6, 6.07) is 15.8. The van der Waals surface area contributed by atoms with Crippen LogP contribution in [0, 0.1) is 18.3 Å². The maximum atomic E-state index is 12.0. The Morgan fingerprint density at radius 2 is 1.84 bits per heavy atom. The molecule has 0 aliphatic carbocycles. The Morgan fingerprint density at radius 3 is 2.52 bits per heavy atom. The predicted octanol–water partition coefficient (Wildman–Crippen LogP) is 2.82. The molecule has 0 saturated carbocycles. The van der Waals surface area contributed by atoms with E-state index in [1.54, 1.807) is 36.4 Å². The Balaban J connectivity index is 1.84. The molecule has 1 amide bonds. The zero-order valence-corrected chi connectivity index (χ0v) is 14.0. The van der Waals surface area contributed by atoms with Crippen LogP contribution in [0.3, 0.4) is 0 Å². The minimum atomic E-state index is -0.969. The first-order valence-electron chi connectivity index (χ1n) is 7.68. The maximum absolute atomic E-state index is 12.0. The third-order valence-corrected chi connectivity index (χ3v) is 3.35. The van der Waals surface area contributed by atoms with Crippen LogP contribution in [0.25, 0.3) is 0 Å². The number of nitrogens with zero attached hydrogens (tertiary/aromatic N) is 1. The van der Waals surface area contributed by atoms with E-state index in [1.807, 2.05) is 25.1 Å². The van der Waals surface area contributed by atoms with E-state index in [9.17, 15) is 9.59 Å². The molecule has 6 nitrogen and oxygen atoms in total. The van der Waals surface area contributed by atoms with Crippen LogP contribution in [0.2, 0.25) is 0 Å². The summed E-state index contributed by atoms with van der Waals surface area (Å²) in [5, 5.41) is 11.6. The number of ether oxygens (including phenoxy) is 2. The van der Waals surface area contributed by atoms with Gasteiger partial charge < -0.3 is 14.8 Å². The first-order valence-corrected chi connectivity index (χ1v) is 7.68. The number of hydrogen-bond donors (Lipinski definition) is 1. The highest BCUT2D eigenvalue weighted by Gasteiger charge is 2.18. The number of nitrogens with one attached hydrogen (secondary N) is 1. The highest BCUT2D eigenvalue weighted by atomic mass is 16.6. The second-order valence-electron chi connectivity index (χ2n) is 5.38. The molecular formula is C19H18N2O4. The molecule has 2 aromatic carbocycles. The molecule has 6 heteroatoms. The van der Waals surface area contributed by atoms with Crippen molar-refractivity contribution in [3.63, 3.8) is 0 Å². The topological polar surface area (TPSA) is 88.4 Å². The van der Waals surface area contributed by atoms with Crippen LogP contribution < -0.4 is 10.1 Å². The normalized spacial score (nSPS) is 11.1. The average Bonchev–Trinajstić information content (AvgIpc) is 2.62. The molecule has 25 heavy (non-hydrogen) atoms. The van der Waals surface area contributed by atoms with Crippen molar-refractivity contribution in [2.45, 2.75) is 20.0 Å². The molecule has 0 aliphatic rings. The van der Waals surface area contributed by atoms with Crippen LogP contribution in [-0.4, -0.2) is 24.6 Å². The number of carbonyl (C=O) groups is 2. The van der Waals surface area contributed by atoms with Gasteiger partial charge in [-0.05, 0) is 38.1 Å². The number of anilines is 1. The summed E-state index contributed by atoms with van der Waals surface area (Å²) in [6.45, 7) is 3.03. The van der Waals surface area contributed by atoms with Gasteiger partial charge >= 0.3 is 5.97 Å². The lowest BCUT2D eigenvalue weighted by molar-refractivity contribution is -0.155. The molecule has 0 spiro atoms. The van der Waals surface area contributed by atoms with Gasteiger partial charge in [0, 0.05) is 5.69 Å². The van der Waals surface area contributed by atoms with Gasteiger partial charge in [-0.1, -0.05) is 29.8 Å². The molecule has 1 atom stereocenters. The van der Waals surface area contributed by atoms with Gasteiger partial charge in [-0.2, -0.15) is 5.26 Å². The Morgan fingerprint density at radius 1 is 1.16 bits per heavy atom. The fourth-order valence-electron chi connectivity index (χ4n) is 1.99. The zero-order valence-electron chi connectivity index (χ0n) is 14.0. The van der Waals surface area contributed by atoms with Gasteiger partial charge in [-0.3, -0.25) is 4.79 Å². The van der Waals surface area contributed by atoms with Crippen LogP contribution in [-0.2, 0) is 14.3 Å². The van der Waals surface area contributed by atoms with E-state index < -0.39 is 18.0 Å². The molecule has 0 bridgehead atoms. The highest BCUT2D eigenvalue weighted by molar-refractivity contribution is 5.95. The molecule has 2 rings (SSSR count). The van der Waals surface area contributed by atoms with Crippen molar-refractivity contribution >= 4 is 17.6 Å². The summed E-state index contributed by atoms with van der Waals surface area (Å²) in [4.78, 5) is 23.9. The quantitative estimate of drug-likeness (QED) is 0.818. The van der Waals surface area contributed by atoms with Crippen LogP contribution >= 0.6 is 0 Å². The summed E-state index contributed by atoms with van der Waals surface area (Å²) >= 11 is 0. The van der Waals surface area contributed by atoms with Crippen LogP contribution in [0.1, 0.15) is 18.1 Å². The van der Waals surface area contributed by atoms with Gasteiger partial charge in [0.2, 0.25) is 0 Å². The average molecular weight is 338 g/mol. The number of para-hydroxylation sites is 1. The second kappa shape index (κ2) is 8.50. The zero-order chi connectivity index (χ0) is 18.2. The Kier molecular flexibility index (Phi) is 6.13. The monoisotopic (exact) mass is 338 g/mol. The van der Waals surface area contributed by atoms with Crippen LogP contribution in [0.4, 0.5) is 5.69 Å². The number of carbonyl (C=O) groups excluding carboxylic acids is 2. The molecule has 2 aromatic rings. The summed E-state index contributed by atoms with van der Waals surface area (Å²) in [5.74, 6) is -0.840. The van der Waals surface area contributed by atoms with E-state index in [2.05, 4.69) is 5.32 Å². The molecule has 0 aliphatic heterocycles. The van der Waals surface area contributed by atoms with Gasteiger partial charge in [-0.15, -0.1) is 0 Å². The number of benzene rings is 2. The van der Waals surface area contributed by atoms with Crippen molar-refractivity contribution in [1.82, 2.24) is 0 Å². The number of amides is 1. The van der Waals surface area contributed by atoms with E-state index in [1.165, 1.54) is 6.92 Å². The summed E-state index contributed by atoms with van der Waals surface area (Å²) in [6.07, 6.45) is -0.969. The summed E-state index contributed by atoms with van der Waals surface area (Å²) in [7, 11) is 0. The van der Waals surface area contributed by atoms with E-state index in [0.29, 0.717) is 17.0 Å². The van der Waals surface area contributed by atoms with Crippen LogP contribution in [0.5, 0.6) is 5.75 Å². The minimum absolute atomic E-state index is 0.290. The van der Waals surface area contributed by atoms with Crippen molar-refractivity contribution in [3.05, 3.63) is 59.7 Å². The predicted molar refractivity (Wildman–Crippen MR) is 92.0 cm³/mol. The summed E-state index contributed by atoms with van der Waals surface area (Å²) in [5.41, 5.74) is 2.02. The molecule has 0 unspecified atom stereocenters. The van der Waals surface area contributed by atoms with Crippen LogP contribution in [0.15, 0.2) is 48.5 Å². The van der Waals surface area contributed by atoms with E-state index in [4.69, 9.17) is 14.7 Å². The molecular weight excluding hydrogens is 320 g/mol. The number of aryl methyl sites for hydroxylation is 1. The Hall–Kier alpha value is -3.33. The molecule has 128 valence electrons. The maximum Gasteiger partial charge on any atom is 0.344 e. The van der Waals surface area contributed by atoms with Gasteiger partial charge in [0.05, 0.1) is 5.56 Å². The molecule has 0 fully saturated rings. The first-order chi connectivity index (χ1) is 12.0. The van der Waals surface area contributed by atoms with E-state index >= 15 is 0 Å². The van der Waals surface area contributed by atoms with Crippen molar-refractivity contribution in [1.29, 1.82) is 5.26 Å². The number of nitriles is 1. The Bertz CT molecular complexity index is 794. The molecule has 0 saturated heterocycles.